The van der Waals surface area contributed by atoms with E-state index < -0.39 is 6.04 Å². The average Bonchev–Trinajstić information content (AvgIpc) is 2.78. The van der Waals surface area contributed by atoms with E-state index >= 15 is 0 Å². The third-order valence-electron chi connectivity index (χ3n) is 5.78. The van der Waals surface area contributed by atoms with Crippen LogP contribution in [0.1, 0.15) is 23.6 Å². The largest absolute Gasteiger partial charge is 0.301 e. The molecule has 0 aliphatic carbocycles. The van der Waals surface area contributed by atoms with Crippen molar-refractivity contribution in [1.29, 1.82) is 0 Å². The van der Waals surface area contributed by atoms with E-state index in [-0.39, 0.29) is 18.4 Å². The highest BCUT2D eigenvalue weighted by molar-refractivity contribution is 6.15. The van der Waals surface area contributed by atoms with Gasteiger partial charge in [-0.2, -0.15) is 0 Å². The Morgan fingerprint density at radius 1 is 0.839 bits per heavy atom. The SMILES string of the molecule is C/C(=C\c1ccccc1)C1C(=O)N(c2ccc(C)c(C)c2)CC(=O)N1c1ccccc1. The molecule has 3 aromatic rings. The molecule has 1 heterocycles. The molecule has 31 heavy (non-hydrogen) atoms. The second-order valence-corrected chi connectivity index (χ2v) is 7.99. The molecule has 156 valence electrons. The van der Waals surface area contributed by atoms with Crippen molar-refractivity contribution in [3.63, 3.8) is 0 Å². The number of aryl methyl sites for hydroxylation is 2. The summed E-state index contributed by atoms with van der Waals surface area (Å²) in [6.45, 7) is 5.99. The van der Waals surface area contributed by atoms with E-state index in [0.717, 1.165) is 33.6 Å². The maximum Gasteiger partial charge on any atom is 0.254 e. The summed E-state index contributed by atoms with van der Waals surface area (Å²) in [6, 6.07) is 24.5. The first-order valence-corrected chi connectivity index (χ1v) is 10.4. The highest BCUT2D eigenvalue weighted by Crippen LogP contribution is 2.30. The van der Waals surface area contributed by atoms with Gasteiger partial charge in [0, 0.05) is 11.4 Å². The first-order chi connectivity index (χ1) is 15.0. The number of para-hydroxylation sites is 1. The molecule has 1 aliphatic heterocycles. The standard InChI is InChI=1S/C27H26N2O2/c1-19-14-15-24(17-20(19)2)28-18-25(30)29(23-12-8-5-9-13-23)26(27(28)31)21(3)16-22-10-6-4-7-11-22/h4-17,26H,18H2,1-3H3/b21-16+. The zero-order valence-corrected chi connectivity index (χ0v) is 18.1. The number of carbonyl (C=O) groups is 2. The van der Waals surface area contributed by atoms with Crippen molar-refractivity contribution in [2.75, 3.05) is 16.3 Å². The van der Waals surface area contributed by atoms with Gasteiger partial charge in [-0.15, -0.1) is 0 Å². The molecule has 1 unspecified atom stereocenters. The molecule has 4 heteroatoms. The molecule has 0 bridgehead atoms. The fourth-order valence-electron chi connectivity index (χ4n) is 3.97. The zero-order valence-electron chi connectivity index (χ0n) is 18.1. The van der Waals surface area contributed by atoms with Crippen LogP contribution in [0.4, 0.5) is 11.4 Å². The van der Waals surface area contributed by atoms with Gasteiger partial charge in [0.2, 0.25) is 5.91 Å². The molecule has 0 saturated carbocycles. The molecular weight excluding hydrogens is 384 g/mol. The molecule has 0 aromatic heterocycles. The minimum Gasteiger partial charge on any atom is -0.301 e. The first kappa shape index (κ1) is 20.6. The van der Waals surface area contributed by atoms with E-state index in [1.165, 1.54) is 0 Å². The van der Waals surface area contributed by atoms with Crippen LogP contribution in [0.3, 0.4) is 0 Å². The Kier molecular flexibility index (Phi) is 5.72. The summed E-state index contributed by atoms with van der Waals surface area (Å²) in [5, 5.41) is 0. The minimum atomic E-state index is -0.703. The van der Waals surface area contributed by atoms with Crippen molar-refractivity contribution in [2.24, 2.45) is 0 Å². The van der Waals surface area contributed by atoms with Gasteiger partial charge >= 0.3 is 0 Å². The maximum atomic E-state index is 13.8. The van der Waals surface area contributed by atoms with Crippen molar-refractivity contribution in [2.45, 2.75) is 26.8 Å². The number of carbonyl (C=O) groups excluding carboxylic acids is 2. The van der Waals surface area contributed by atoms with Gasteiger partial charge in [0.05, 0.1) is 0 Å². The first-order valence-electron chi connectivity index (χ1n) is 10.4. The Morgan fingerprint density at radius 3 is 2.13 bits per heavy atom. The summed E-state index contributed by atoms with van der Waals surface area (Å²) in [6.07, 6.45) is 1.98. The van der Waals surface area contributed by atoms with Crippen LogP contribution in [0.2, 0.25) is 0 Å². The summed E-state index contributed by atoms with van der Waals surface area (Å²) in [7, 11) is 0. The number of hydrogen-bond donors (Lipinski definition) is 0. The second kappa shape index (κ2) is 8.60. The molecule has 0 spiro atoms. The Hall–Kier alpha value is -3.66. The van der Waals surface area contributed by atoms with Crippen LogP contribution < -0.4 is 9.80 Å². The van der Waals surface area contributed by atoms with Crippen molar-refractivity contribution < 1.29 is 9.59 Å². The summed E-state index contributed by atoms with van der Waals surface area (Å²) in [5.41, 5.74) is 5.55. The van der Waals surface area contributed by atoms with Crippen molar-refractivity contribution >= 4 is 29.3 Å². The summed E-state index contributed by atoms with van der Waals surface area (Å²) >= 11 is 0. The highest BCUT2D eigenvalue weighted by atomic mass is 16.2. The molecular formula is C27H26N2O2. The number of piperazine rings is 1. The van der Waals surface area contributed by atoms with Crippen LogP contribution >= 0.6 is 0 Å². The Balaban J connectivity index is 1.79. The number of rotatable bonds is 4. The fraction of sp³-hybridized carbons (Fsp3) is 0.185. The van der Waals surface area contributed by atoms with E-state index in [9.17, 15) is 9.59 Å². The summed E-state index contributed by atoms with van der Waals surface area (Å²) < 4.78 is 0. The number of amides is 2. The van der Waals surface area contributed by atoms with Crippen LogP contribution in [0.15, 0.2) is 84.4 Å². The number of hydrogen-bond acceptors (Lipinski definition) is 2. The lowest BCUT2D eigenvalue weighted by Gasteiger charge is -2.41. The second-order valence-electron chi connectivity index (χ2n) is 7.99. The topological polar surface area (TPSA) is 40.6 Å². The van der Waals surface area contributed by atoms with Crippen LogP contribution in [0, 0.1) is 13.8 Å². The van der Waals surface area contributed by atoms with Crippen LogP contribution in [-0.2, 0) is 9.59 Å². The predicted molar refractivity (Wildman–Crippen MR) is 126 cm³/mol. The quantitative estimate of drug-likeness (QED) is 0.596. The summed E-state index contributed by atoms with van der Waals surface area (Å²) in [5.74, 6) is -0.203. The van der Waals surface area contributed by atoms with E-state index in [1.807, 2.05) is 106 Å². The molecule has 1 saturated heterocycles. The molecule has 1 atom stereocenters. The monoisotopic (exact) mass is 410 g/mol. The molecule has 2 amide bonds. The van der Waals surface area contributed by atoms with Gasteiger partial charge in [0.25, 0.3) is 5.91 Å². The van der Waals surface area contributed by atoms with Crippen molar-refractivity contribution in [3.05, 3.63) is 101 Å². The van der Waals surface area contributed by atoms with E-state index in [2.05, 4.69) is 0 Å². The van der Waals surface area contributed by atoms with E-state index in [0.29, 0.717) is 0 Å². The zero-order chi connectivity index (χ0) is 22.0. The van der Waals surface area contributed by atoms with Crippen LogP contribution in [-0.4, -0.2) is 24.4 Å². The highest BCUT2D eigenvalue weighted by Gasteiger charge is 2.41. The predicted octanol–water partition coefficient (Wildman–Crippen LogP) is 5.16. The number of anilines is 2. The normalized spacial score (nSPS) is 17.3. The van der Waals surface area contributed by atoms with Gasteiger partial charge in [0.1, 0.15) is 12.6 Å². The third-order valence-corrected chi connectivity index (χ3v) is 5.78. The van der Waals surface area contributed by atoms with Gasteiger partial charge in [-0.05, 0) is 67.3 Å². The van der Waals surface area contributed by atoms with Gasteiger partial charge in [0.15, 0.2) is 0 Å². The Labute approximate surface area is 183 Å². The average molecular weight is 411 g/mol. The van der Waals surface area contributed by atoms with E-state index in [1.54, 1.807) is 9.80 Å². The van der Waals surface area contributed by atoms with Gasteiger partial charge in [-0.3, -0.25) is 14.5 Å². The summed E-state index contributed by atoms with van der Waals surface area (Å²) in [4.78, 5) is 30.4. The third kappa shape index (κ3) is 4.15. The lowest BCUT2D eigenvalue weighted by atomic mass is 9.98. The molecule has 4 nitrogen and oxygen atoms in total. The molecule has 1 fully saturated rings. The molecule has 4 rings (SSSR count). The van der Waals surface area contributed by atoms with Crippen molar-refractivity contribution in [1.82, 2.24) is 0 Å². The van der Waals surface area contributed by atoms with Gasteiger partial charge in [-0.25, -0.2) is 0 Å². The molecule has 0 N–H and O–H groups in total. The minimum absolute atomic E-state index is 0.0192. The van der Waals surface area contributed by atoms with E-state index in [4.69, 9.17) is 0 Å². The van der Waals surface area contributed by atoms with Gasteiger partial charge < -0.3 is 4.90 Å². The molecule has 3 aromatic carbocycles. The maximum absolute atomic E-state index is 13.8. The van der Waals surface area contributed by atoms with Crippen LogP contribution in [0.5, 0.6) is 0 Å². The molecule has 1 aliphatic rings. The van der Waals surface area contributed by atoms with Gasteiger partial charge in [-0.1, -0.05) is 60.7 Å². The smallest absolute Gasteiger partial charge is 0.254 e. The van der Waals surface area contributed by atoms with Crippen LogP contribution in [0.25, 0.3) is 6.08 Å². The number of nitrogens with zero attached hydrogens (tertiary/aromatic N) is 2. The number of benzene rings is 3. The Morgan fingerprint density at radius 2 is 1.48 bits per heavy atom. The fourth-order valence-corrected chi connectivity index (χ4v) is 3.97. The lowest BCUT2D eigenvalue weighted by Crippen LogP contribution is -2.61. The Bertz CT molecular complexity index is 1140. The molecule has 0 radical (unpaired) electrons. The van der Waals surface area contributed by atoms with Crippen molar-refractivity contribution in [3.8, 4) is 0 Å². The lowest BCUT2D eigenvalue weighted by molar-refractivity contribution is -0.127.